The molecular weight excluding hydrogens is 462 g/mol. The first-order valence-corrected chi connectivity index (χ1v) is 13.1. The van der Waals surface area contributed by atoms with Crippen LogP contribution in [0.3, 0.4) is 0 Å². The molecule has 3 aromatic rings. The summed E-state index contributed by atoms with van der Waals surface area (Å²) < 4.78 is 33.5. The van der Waals surface area contributed by atoms with E-state index in [0.29, 0.717) is 24.3 Å². The van der Waals surface area contributed by atoms with Crippen LogP contribution < -0.4 is 14.4 Å². The average molecular weight is 494 g/mol. The van der Waals surface area contributed by atoms with Gasteiger partial charge in [-0.3, -0.25) is 9.52 Å². The Hall–Kier alpha value is -3.52. The maximum atomic E-state index is 13.1. The van der Waals surface area contributed by atoms with E-state index < -0.39 is 10.0 Å². The minimum Gasteiger partial charge on any atom is -0.497 e. The average Bonchev–Trinajstić information content (AvgIpc) is 3.12. The molecule has 1 N–H and O–H groups in total. The van der Waals surface area contributed by atoms with Crippen molar-refractivity contribution in [1.82, 2.24) is 4.90 Å². The highest BCUT2D eigenvalue weighted by Gasteiger charge is 2.22. The third-order valence-electron chi connectivity index (χ3n) is 6.39. The van der Waals surface area contributed by atoms with Crippen molar-refractivity contribution < 1.29 is 17.9 Å². The number of hydrogen-bond donors (Lipinski definition) is 1. The van der Waals surface area contributed by atoms with Crippen molar-refractivity contribution in [2.75, 3.05) is 42.9 Å². The lowest BCUT2D eigenvalue weighted by atomic mass is 10.1. The van der Waals surface area contributed by atoms with Crippen molar-refractivity contribution in [1.29, 1.82) is 0 Å². The number of carbonyl (C=O) groups is 1. The van der Waals surface area contributed by atoms with Crippen LogP contribution in [0.25, 0.3) is 0 Å². The minimum atomic E-state index is -3.75. The SMILES string of the molecule is COc1ccc(N2CCCN(C(=O)c3ccc(S(=O)(=O)Nc4ccc(C)c(C)c4)cc3)CC2)cc1. The maximum absolute atomic E-state index is 13.1. The Kier molecular flexibility index (Phi) is 7.31. The van der Waals surface area contributed by atoms with Gasteiger partial charge in [0, 0.05) is 43.1 Å². The summed E-state index contributed by atoms with van der Waals surface area (Å²) in [5, 5.41) is 0. The molecule has 0 atom stereocenters. The Morgan fingerprint density at radius 2 is 1.57 bits per heavy atom. The molecule has 1 heterocycles. The van der Waals surface area contributed by atoms with Crippen molar-refractivity contribution in [2.45, 2.75) is 25.2 Å². The lowest BCUT2D eigenvalue weighted by Gasteiger charge is -2.24. The predicted octanol–water partition coefficient (Wildman–Crippen LogP) is 4.47. The second kappa shape index (κ2) is 10.4. The van der Waals surface area contributed by atoms with Gasteiger partial charge >= 0.3 is 0 Å². The van der Waals surface area contributed by atoms with Gasteiger partial charge in [-0.05, 0) is 92.1 Å². The van der Waals surface area contributed by atoms with Crippen LogP contribution in [0, 0.1) is 13.8 Å². The molecule has 4 rings (SSSR count). The first kappa shape index (κ1) is 24.6. The molecule has 8 heteroatoms. The zero-order valence-electron chi connectivity index (χ0n) is 20.3. The van der Waals surface area contributed by atoms with E-state index in [4.69, 9.17) is 4.74 Å². The maximum Gasteiger partial charge on any atom is 0.261 e. The topological polar surface area (TPSA) is 79.0 Å². The van der Waals surface area contributed by atoms with E-state index in [2.05, 4.69) is 9.62 Å². The molecule has 0 radical (unpaired) electrons. The molecule has 1 aliphatic heterocycles. The van der Waals surface area contributed by atoms with Crippen molar-refractivity contribution in [3.63, 3.8) is 0 Å². The Morgan fingerprint density at radius 1 is 0.857 bits per heavy atom. The molecular formula is C27H31N3O4S. The van der Waals surface area contributed by atoms with Crippen LogP contribution in [0.15, 0.2) is 71.6 Å². The summed E-state index contributed by atoms with van der Waals surface area (Å²) in [5.41, 5.74) is 4.20. The van der Waals surface area contributed by atoms with Crippen molar-refractivity contribution in [2.24, 2.45) is 0 Å². The van der Waals surface area contributed by atoms with Crippen LogP contribution in [0.4, 0.5) is 11.4 Å². The summed E-state index contributed by atoms with van der Waals surface area (Å²) in [7, 11) is -2.10. The van der Waals surface area contributed by atoms with E-state index in [9.17, 15) is 13.2 Å². The first-order valence-electron chi connectivity index (χ1n) is 11.7. The number of sulfonamides is 1. The van der Waals surface area contributed by atoms with Crippen LogP contribution in [0.1, 0.15) is 27.9 Å². The normalized spacial score (nSPS) is 14.4. The predicted molar refractivity (Wildman–Crippen MR) is 139 cm³/mol. The molecule has 3 aromatic carbocycles. The number of aryl methyl sites for hydroxylation is 2. The Labute approximate surface area is 207 Å². The highest BCUT2D eigenvalue weighted by atomic mass is 32.2. The highest BCUT2D eigenvalue weighted by Crippen LogP contribution is 2.22. The van der Waals surface area contributed by atoms with E-state index in [-0.39, 0.29) is 10.8 Å². The molecule has 0 spiro atoms. The molecule has 35 heavy (non-hydrogen) atoms. The van der Waals surface area contributed by atoms with Gasteiger partial charge in [0.2, 0.25) is 0 Å². The van der Waals surface area contributed by atoms with Crippen molar-refractivity contribution in [3.05, 3.63) is 83.4 Å². The van der Waals surface area contributed by atoms with Crippen molar-refractivity contribution >= 4 is 27.3 Å². The van der Waals surface area contributed by atoms with E-state index >= 15 is 0 Å². The molecule has 0 unspecified atom stereocenters. The molecule has 0 bridgehead atoms. The van der Waals surface area contributed by atoms with Gasteiger partial charge in [-0.15, -0.1) is 0 Å². The molecule has 0 aliphatic carbocycles. The van der Waals surface area contributed by atoms with Gasteiger partial charge < -0.3 is 14.5 Å². The second-order valence-electron chi connectivity index (χ2n) is 8.76. The summed E-state index contributed by atoms with van der Waals surface area (Å²) >= 11 is 0. The molecule has 1 fully saturated rings. The molecule has 0 saturated carbocycles. The smallest absolute Gasteiger partial charge is 0.261 e. The summed E-state index contributed by atoms with van der Waals surface area (Å²) in [6.45, 7) is 6.75. The number of methoxy groups -OCH3 is 1. The van der Waals surface area contributed by atoms with Crippen LogP contribution >= 0.6 is 0 Å². The molecule has 0 aromatic heterocycles. The summed E-state index contributed by atoms with van der Waals surface area (Å²) in [5.74, 6) is 0.725. The first-order chi connectivity index (χ1) is 16.8. The van der Waals surface area contributed by atoms with E-state index in [0.717, 1.165) is 42.1 Å². The van der Waals surface area contributed by atoms with Gasteiger partial charge in [0.05, 0.1) is 12.0 Å². The van der Waals surface area contributed by atoms with Crippen molar-refractivity contribution in [3.8, 4) is 5.75 Å². The highest BCUT2D eigenvalue weighted by molar-refractivity contribution is 7.92. The summed E-state index contributed by atoms with van der Waals surface area (Å²) in [6, 6.07) is 19.5. The number of nitrogens with one attached hydrogen (secondary N) is 1. The number of nitrogens with zero attached hydrogens (tertiary/aromatic N) is 2. The zero-order valence-corrected chi connectivity index (χ0v) is 21.1. The quantitative estimate of drug-likeness (QED) is 0.548. The lowest BCUT2D eigenvalue weighted by Crippen LogP contribution is -2.35. The summed E-state index contributed by atoms with van der Waals surface area (Å²) in [4.78, 5) is 17.3. The number of benzene rings is 3. The summed E-state index contributed by atoms with van der Waals surface area (Å²) in [6.07, 6.45) is 0.851. The monoisotopic (exact) mass is 493 g/mol. The van der Waals surface area contributed by atoms with Crippen LogP contribution in [-0.4, -0.2) is 52.5 Å². The van der Waals surface area contributed by atoms with Gasteiger partial charge in [0.1, 0.15) is 5.75 Å². The fourth-order valence-electron chi connectivity index (χ4n) is 4.15. The Bertz CT molecular complexity index is 1290. The van der Waals surface area contributed by atoms with Crippen LogP contribution in [0.5, 0.6) is 5.75 Å². The van der Waals surface area contributed by atoms with Crippen LogP contribution in [0.2, 0.25) is 0 Å². The Balaban J connectivity index is 1.41. The lowest BCUT2D eigenvalue weighted by molar-refractivity contribution is 0.0767. The number of rotatable bonds is 6. The molecule has 7 nitrogen and oxygen atoms in total. The molecule has 1 saturated heterocycles. The Morgan fingerprint density at radius 3 is 2.23 bits per heavy atom. The fourth-order valence-corrected chi connectivity index (χ4v) is 5.20. The number of carbonyl (C=O) groups excluding carboxylic acids is 1. The standard InChI is InChI=1S/C27H31N3O4S/c1-20-5-8-23(19-21(20)2)28-35(32,33)26-13-6-22(7-14-26)27(31)30-16-4-15-29(17-18-30)24-9-11-25(34-3)12-10-24/h5-14,19,28H,4,15-18H2,1-3H3. The minimum absolute atomic E-state index is 0.0901. The van der Waals surface area contributed by atoms with Crippen LogP contribution in [-0.2, 0) is 10.0 Å². The largest absolute Gasteiger partial charge is 0.497 e. The van der Waals surface area contributed by atoms with E-state index in [1.807, 2.05) is 49.1 Å². The third kappa shape index (κ3) is 5.77. The van der Waals surface area contributed by atoms with E-state index in [1.165, 1.54) is 12.1 Å². The molecule has 1 aliphatic rings. The second-order valence-corrected chi connectivity index (χ2v) is 10.4. The van der Waals surface area contributed by atoms with Gasteiger partial charge in [-0.25, -0.2) is 8.42 Å². The van der Waals surface area contributed by atoms with Gasteiger partial charge in [-0.2, -0.15) is 0 Å². The van der Waals surface area contributed by atoms with Gasteiger partial charge in [-0.1, -0.05) is 6.07 Å². The third-order valence-corrected chi connectivity index (χ3v) is 7.79. The number of ether oxygens (including phenoxy) is 1. The van der Waals surface area contributed by atoms with Gasteiger partial charge in [0.15, 0.2) is 0 Å². The number of amides is 1. The number of hydrogen-bond acceptors (Lipinski definition) is 5. The zero-order chi connectivity index (χ0) is 25.0. The van der Waals surface area contributed by atoms with Gasteiger partial charge in [0.25, 0.3) is 15.9 Å². The number of anilines is 2. The van der Waals surface area contributed by atoms with E-state index in [1.54, 1.807) is 31.4 Å². The molecule has 184 valence electrons. The molecule has 1 amide bonds. The fraction of sp³-hybridized carbons (Fsp3) is 0.296.